The Morgan fingerprint density at radius 2 is 1.00 bits per heavy atom. The van der Waals surface area contributed by atoms with E-state index < -0.39 is 8.07 Å². The van der Waals surface area contributed by atoms with Crippen molar-refractivity contribution < 1.29 is 0 Å². The van der Waals surface area contributed by atoms with Crippen LogP contribution in [0, 0.1) is 0 Å². The summed E-state index contributed by atoms with van der Waals surface area (Å²) in [6.45, 7) is 0. The maximum Gasteiger partial charge on any atom is 0.0536 e. The predicted molar refractivity (Wildman–Crippen MR) is 114 cm³/mol. The third-order valence-electron chi connectivity index (χ3n) is 3.36. The first-order valence-electron chi connectivity index (χ1n) is 6.48. The molecular formula is C12H24BrI3Si. The van der Waals surface area contributed by atoms with E-state index in [0.717, 1.165) is 0 Å². The zero-order valence-electron chi connectivity index (χ0n) is 10.5. The van der Waals surface area contributed by atoms with Crippen molar-refractivity contribution in [3.63, 3.8) is 0 Å². The molecule has 0 saturated carbocycles. The number of hydrogen-bond acceptors (Lipinski definition) is 0. The highest BCUT2D eigenvalue weighted by atomic mass is 127. The van der Waals surface area contributed by atoms with Gasteiger partial charge in [-0.25, -0.2) is 0 Å². The fourth-order valence-corrected chi connectivity index (χ4v) is 11.8. The normalized spacial score (nSPS) is 12.0. The van der Waals surface area contributed by atoms with Crippen molar-refractivity contribution >= 4 is 91.8 Å². The van der Waals surface area contributed by atoms with Crippen LogP contribution in [-0.2, 0) is 0 Å². The van der Waals surface area contributed by atoms with E-state index in [9.17, 15) is 0 Å². The zero-order valence-corrected chi connectivity index (χ0v) is 19.6. The van der Waals surface area contributed by atoms with Crippen LogP contribution in [0.5, 0.6) is 0 Å². The van der Waals surface area contributed by atoms with Gasteiger partial charge in [0.1, 0.15) is 0 Å². The molecular weight excluding hydrogens is 633 g/mol. The summed E-state index contributed by atoms with van der Waals surface area (Å²) in [4.78, 5) is 0. The molecule has 0 fully saturated rings. The molecule has 0 N–H and O–H groups in total. The van der Waals surface area contributed by atoms with E-state index >= 15 is 0 Å². The van der Waals surface area contributed by atoms with Gasteiger partial charge in [-0.05, 0) is 39.0 Å². The van der Waals surface area contributed by atoms with Gasteiger partial charge < -0.3 is 0 Å². The number of halogens is 4. The van der Waals surface area contributed by atoms with Crippen LogP contribution >= 0.6 is 83.7 Å². The quantitative estimate of drug-likeness (QED) is 0.125. The largest absolute Gasteiger partial charge is 0.0928 e. The molecule has 104 valence electrons. The third kappa shape index (κ3) is 10.3. The lowest BCUT2D eigenvalue weighted by molar-refractivity contribution is 0.903. The Balaban J connectivity index is 4.39. The highest BCUT2D eigenvalue weighted by Gasteiger charge is 2.30. The van der Waals surface area contributed by atoms with Gasteiger partial charge in [0, 0.05) is 5.33 Å². The molecule has 0 saturated heterocycles. The second kappa shape index (κ2) is 13.9. The maximum absolute atomic E-state index is 3.62. The summed E-state index contributed by atoms with van der Waals surface area (Å²) in [5.74, 6) is 0. The number of alkyl halides is 4. The van der Waals surface area contributed by atoms with Crippen LogP contribution in [0.4, 0.5) is 0 Å². The van der Waals surface area contributed by atoms with Gasteiger partial charge in [0.25, 0.3) is 0 Å². The van der Waals surface area contributed by atoms with E-state index in [-0.39, 0.29) is 0 Å². The summed E-state index contributed by atoms with van der Waals surface area (Å²) < 4.78 is 4.07. The van der Waals surface area contributed by atoms with Crippen LogP contribution < -0.4 is 0 Å². The molecule has 0 rings (SSSR count). The Morgan fingerprint density at radius 1 is 0.647 bits per heavy atom. The maximum atomic E-state index is 3.62. The molecule has 0 spiro atoms. The van der Waals surface area contributed by atoms with Crippen LogP contribution in [0.25, 0.3) is 0 Å². The first kappa shape index (κ1) is 19.9. The standard InChI is InChI=1S/C12H24BrI3Si/c13-5-1-9-17(10-2-6-14,11-3-7-15)12-4-8-16/h1-12H2. The average Bonchev–Trinajstić information content (AvgIpc) is 2.37. The van der Waals surface area contributed by atoms with Crippen LogP contribution in [0.1, 0.15) is 25.7 Å². The molecule has 5 heteroatoms. The van der Waals surface area contributed by atoms with E-state index in [2.05, 4.69) is 83.7 Å². The zero-order chi connectivity index (χ0) is 13.0. The smallest absolute Gasteiger partial charge is 0.0536 e. The predicted octanol–water partition coefficient (Wildman–Crippen LogP) is 6.70. The second-order valence-corrected chi connectivity index (χ2v) is 13.7. The average molecular weight is 657 g/mol. The van der Waals surface area contributed by atoms with Crippen molar-refractivity contribution in [1.82, 2.24) is 0 Å². The Bertz CT molecular complexity index is 132. The van der Waals surface area contributed by atoms with Gasteiger partial charge in [0.2, 0.25) is 0 Å². The fraction of sp³-hybridized carbons (Fsp3) is 1.00. The second-order valence-electron chi connectivity index (χ2n) is 4.67. The number of hydrogen-bond donors (Lipinski definition) is 0. The van der Waals surface area contributed by atoms with Gasteiger partial charge in [-0.2, -0.15) is 0 Å². The van der Waals surface area contributed by atoms with Crippen molar-refractivity contribution in [1.29, 1.82) is 0 Å². The summed E-state index contributed by atoms with van der Waals surface area (Å²) in [6, 6.07) is 6.35. The van der Waals surface area contributed by atoms with E-state index in [1.807, 2.05) is 0 Å². The van der Waals surface area contributed by atoms with E-state index in [1.54, 1.807) is 24.2 Å². The van der Waals surface area contributed by atoms with Gasteiger partial charge >= 0.3 is 0 Å². The topological polar surface area (TPSA) is 0 Å². The molecule has 0 atom stereocenters. The Morgan fingerprint density at radius 3 is 1.29 bits per heavy atom. The molecule has 0 aliphatic heterocycles. The van der Waals surface area contributed by atoms with Crippen molar-refractivity contribution in [2.24, 2.45) is 0 Å². The summed E-state index contributed by atoms with van der Waals surface area (Å²) in [5.41, 5.74) is 0. The van der Waals surface area contributed by atoms with Gasteiger partial charge in [-0.15, -0.1) is 0 Å². The molecule has 0 nitrogen and oxygen atoms in total. The lowest BCUT2D eigenvalue weighted by Crippen LogP contribution is -2.34. The molecule has 0 heterocycles. The van der Waals surface area contributed by atoms with Crippen molar-refractivity contribution in [2.45, 2.75) is 49.9 Å². The lowest BCUT2D eigenvalue weighted by atomic mass is 10.5. The lowest BCUT2D eigenvalue weighted by Gasteiger charge is -2.32. The Kier molecular flexibility index (Phi) is 16.2. The van der Waals surface area contributed by atoms with E-state index in [0.29, 0.717) is 0 Å². The minimum absolute atomic E-state index is 0.924. The SMILES string of the molecule is BrCCC[Si](CCCI)(CCCI)CCCI. The minimum Gasteiger partial charge on any atom is -0.0928 e. The van der Waals surface area contributed by atoms with Gasteiger partial charge in [0.15, 0.2) is 0 Å². The van der Waals surface area contributed by atoms with E-state index in [4.69, 9.17) is 0 Å². The Hall–Kier alpha value is 2.89. The van der Waals surface area contributed by atoms with Gasteiger partial charge in [0.05, 0.1) is 8.07 Å². The molecule has 0 aliphatic carbocycles. The summed E-state index contributed by atoms with van der Waals surface area (Å²) in [7, 11) is -0.924. The first-order chi connectivity index (χ1) is 8.24. The van der Waals surface area contributed by atoms with Crippen molar-refractivity contribution in [3.05, 3.63) is 0 Å². The monoisotopic (exact) mass is 656 g/mol. The molecule has 0 aromatic carbocycles. The Labute approximate surface area is 158 Å². The summed E-state index contributed by atoms with van der Waals surface area (Å²) in [6.07, 6.45) is 5.82. The van der Waals surface area contributed by atoms with Crippen LogP contribution in [0.2, 0.25) is 24.2 Å². The summed E-state index contributed by atoms with van der Waals surface area (Å²) in [5, 5.41) is 1.21. The molecule has 0 bridgehead atoms. The highest BCUT2D eigenvalue weighted by molar-refractivity contribution is 14.1. The first-order valence-corrected chi connectivity index (χ1v) is 15.0. The summed E-state index contributed by atoms with van der Waals surface area (Å²) >= 11 is 11.3. The molecule has 0 aromatic rings. The van der Waals surface area contributed by atoms with E-state index in [1.165, 1.54) is 44.3 Å². The van der Waals surface area contributed by atoms with Gasteiger partial charge in [-0.3, -0.25) is 0 Å². The third-order valence-corrected chi connectivity index (χ3v) is 11.9. The molecule has 0 radical (unpaired) electrons. The molecule has 0 unspecified atom stereocenters. The highest BCUT2D eigenvalue weighted by Crippen LogP contribution is 2.32. The minimum atomic E-state index is -0.924. The molecule has 0 aliphatic rings. The van der Waals surface area contributed by atoms with Crippen LogP contribution in [-0.4, -0.2) is 26.7 Å². The number of rotatable bonds is 12. The van der Waals surface area contributed by atoms with Crippen LogP contribution in [0.15, 0.2) is 0 Å². The van der Waals surface area contributed by atoms with Crippen molar-refractivity contribution in [2.75, 3.05) is 18.6 Å². The molecule has 0 aromatic heterocycles. The molecule has 17 heavy (non-hydrogen) atoms. The fourth-order valence-electron chi connectivity index (χ4n) is 2.52. The molecule has 0 amide bonds. The van der Waals surface area contributed by atoms with Crippen molar-refractivity contribution in [3.8, 4) is 0 Å². The van der Waals surface area contributed by atoms with Gasteiger partial charge in [-0.1, -0.05) is 108 Å². The van der Waals surface area contributed by atoms with Crippen LogP contribution in [0.3, 0.4) is 0 Å².